The van der Waals surface area contributed by atoms with Crippen LogP contribution in [0.3, 0.4) is 0 Å². The van der Waals surface area contributed by atoms with E-state index in [4.69, 9.17) is 14.5 Å². The van der Waals surface area contributed by atoms with Gasteiger partial charge in [-0.2, -0.15) is 0 Å². The van der Waals surface area contributed by atoms with Crippen molar-refractivity contribution < 1.29 is 9.47 Å². The quantitative estimate of drug-likeness (QED) is 0.139. The highest BCUT2D eigenvalue weighted by molar-refractivity contribution is 5.87. The van der Waals surface area contributed by atoms with Crippen molar-refractivity contribution in [2.24, 2.45) is 0 Å². The predicted molar refractivity (Wildman–Crippen MR) is 177 cm³/mol. The Bertz CT molecular complexity index is 1190. The van der Waals surface area contributed by atoms with Gasteiger partial charge < -0.3 is 28.7 Å². The highest BCUT2D eigenvalue weighted by Crippen LogP contribution is 2.36. The molecular formula is C35H55N5O2. The van der Waals surface area contributed by atoms with Crippen LogP contribution in [0.2, 0.25) is 0 Å². The van der Waals surface area contributed by atoms with Crippen LogP contribution in [0.1, 0.15) is 73.1 Å². The number of imidazole rings is 1. The molecule has 0 amide bonds. The summed E-state index contributed by atoms with van der Waals surface area (Å²) in [6, 6.07) is 13.3. The van der Waals surface area contributed by atoms with Gasteiger partial charge in [0.05, 0.1) is 18.7 Å². The van der Waals surface area contributed by atoms with Gasteiger partial charge in [0.2, 0.25) is 0 Å². The molecule has 2 aromatic carbocycles. The normalized spacial score (nSPS) is 13.6. The number of benzene rings is 2. The molecule has 3 aromatic rings. The van der Waals surface area contributed by atoms with Crippen LogP contribution < -0.4 is 14.4 Å². The van der Waals surface area contributed by atoms with Gasteiger partial charge in [0.15, 0.2) is 5.75 Å². The van der Waals surface area contributed by atoms with E-state index in [-0.39, 0.29) is 0 Å². The number of fused-ring (bicyclic) bond motifs is 1. The molecule has 42 heavy (non-hydrogen) atoms. The first-order chi connectivity index (χ1) is 20.6. The van der Waals surface area contributed by atoms with Gasteiger partial charge in [-0.1, -0.05) is 41.0 Å². The van der Waals surface area contributed by atoms with Crippen molar-refractivity contribution in [3.63, 3.8) is 0 Å². The summed E-state index contributed by atoms with van der Waals surface area (Å²) < 4.78 is 15.2. The van der Waals surface area contributed by atoms with Gasteiger partial charge in [-0.05, 0) is 82.5 Å². The topological polar surface area (TPSA) is 46.0 Å². The average molecular weight is 578 g/mol. The lowest BCUT2D eigenvalue weighted by molar-refractivity contribution is 0.243. The van der Waals surface area contributed by atoms with Crippen molar-refractivity contribution in [2.75, 3.05) is 70.5 Å². The van der Waals surface area contributed by atoms with Crippen LogP contribution >= 0.6 is 0 Å². The molecule has 4 rings (SSSR count). The summed E-state index contributed by atoms with van der Waals surface area (Å²) in [6.07, 6.45) is 6.78. The van der Waals surface area contributed by atoms with Gasteiger partial charge in [-0.25, -0.2) is 4.98 Å². The van der Waals surface area contributed by atoms with Crippen LogP contribution in [0.25, 0.3) is 22.4 Å². The fourth-order valence-corrected chi connectivity index (χ4v) is 5.95. The zero-order chi connectivity index (χ0) is 29.7. The summed E-state index contributed by atoms with van der Waals surface area (Å²) in [5.74, 6) is 2.71. The highest BCUT2D eigenvalue weighted by Gasteiger charge is 2.19. The molecule has 2 heterocycles. The number of ether oxygens (including phenoxy) is 2. The number of anilines is 1. The zero-order valence-electron chi connectivity index (χ0n) is 27.0. The molecule has 0 unspecified atom stereocenters. The molecule has 1 aliphatic heterocycles. The van der Waals surface area contributed by atoms with Crippen molar-refractivity contribution in [3.8, 4) is 22.9 Å². The van der Waals surface area contributed by atoms with Crippen LogP contribution in [0.4, 0.5) is 5.69 Å². The monoisotopic (exact) mass is 577 g/mol. The molecule has 0 radical (unpaired) electrons. The van der Waals surface area contributed by atoms with Gasteiger partial charge >= 0.3 is 0 Å². The van der Waals surface area contributed by atoms with Gasteiger partial charge in [-0.15, -0.1) is 0 Å². The van der Waals surface area contributed by atoms with E-state index in [0.29, 0.717) is 13.2 Å². The first-order valence-corrected chi connectivity index (χ1v) is 16.7. The van der Waals surface area contributed by atoms with Gasteiger partial charge in [0.1, 0.15) is 17.1 Å². The average Bonchev–Trinajstić information content (AvgIpc) is 3.69. The number of nitrogens with zero attached hydrogens (tertiary/aromatic N) is 5. The maximum atomic E-state index is 6.48. The molecule has 7 heteroatoms. The third kappa shape index (κ3) is 8.41. The van der Waals surface area contributed by atoms with Crippen LogP contribution in [0.5, 0.6) is 11.5 Å². The molecule has 0 bridgehead atoms. The third-order valence-corrected chi connectivity index (χ3v) is 8.68. The summed E-state index contributed by atoms with van der Waals surface area (Å²) in [4.78, 5) is 12.6. The van der Waals surface area contributed by atoms with Gasteiger partial charge in [0, 0.05) is 56.1 Å². The lowest BCUT2D eigenvalue weighted by atomic mass is 10.2. The number of hydrogen-bond donors (Lipinski definition) is 0. The van der Waals surface area contributed by atoms with E-state index < -0.39 is 0 Å². The molecule has 1 fully saturated rings. The fourth-order valence-electron chi connectivity index (χ4n) is 5.95. The summed E-state index contributed by atoms with van der Waals surface area (Å²) in [5, 5.41) is 0. The second-order valence-electron chi connectivity index (χ2n) is 11.4. The lowest BCUT2D eigenvalue weighted by Crippen LogP contribution is -2.25. The van der Waals surface area contributed by atoms with E-state index in [1.807, 2.05) is 0 Å². The number of unbranched alkanes of at least 4 members (excludes halogenated alkanes) is 1. The Morgan fingerprint density at radius 3 is 1.98 bits per heavy atom. The van der Waals surface area contributed by atoms with Crippen LogP contribution in [0, 0.1) is 0 Å². The Morgan fingerprint density at radius 2 is 1.38 bits per heavy atom. The minimum Gasteiger partial charge on any atom is -0.493 e. The minimum atomic E-state index is 0.665. The Kier molecular flexibility index (Phi) is 12.8. The lowest BCUT2D eigenvalue weighted by Gasteiger charge is -2.18. The Balaban J connectivity index is 1.63. The van der Waals surface area contributed by atoms with Crippen molar-refractivity contribution in [1.82, 2.24) is 19.4 Å². The van der Waals surface area contributed by atoms with Crippen molar-refractivity contribution in [2.45, 2.75) is 79.7 Å². The summed E-state index contributed by atoms with van der Waals surface area (Å²) in [7, 11) is 0. The van der Waals surface area contributed by atoms with E-state index in [2.05, 4.69) is 90.3 Å². The molecule has 0 spiro atoms. The van der Waals surface area contributed by atoms with E-state index in [1.54, 1.807) is 0 Å². The van der Waals surface area contributed by atoms with E-state index in [0.717, 1.165) is 119 Å². The number of aryl methyl sites for hydroxylation is 1. The van der Waals surface area contributed by atoms with Crippen LogP contribution in [0.15, 0.2) is 36.4 Å². The molecule has 0 N–H and O–H groups in total. The fraction of sp³-hybridized carbons (Fsp3) is 0.629. The SMILES string of the molecule is CCCCn1c(-c2ccc(N3CCCC3)cc2)nc2c(OCCCN(CC)CC)cc(OCCCN(CC)CC)cc21. The summed E-state index contributed by atoms with van der Waals surface area (Å²) in [6.45, 7) is 22.1. The van der Waals surface area contributed by atoms with E-state index >= 15 is 0 Å². The summed E-state index contributed by atoms with van der Waals surface area (Å²) in [5.41, 5.74) is 4.50. The minimum absolute atomic E-state index is 0.665. The van der Waals surface area contributed by atoms with Crippen molar-refractivity contribution >= 4 is 16.7 Å². The first-order valence-electron chi connectivity index (χ1n) is 16.7. The van der Waals surface area contributed by atoms with Gasteiger partial charge in [-0.3, -0.25) is 0 Å². The first kappa shape index (κ1) is 32.2. The highest BCUT2D eigenvalue weighted by atomic mass is 16.5. The Hall–Kier alpha value is -2.77. The molecule has 0 aliphatic carbocycles. The maximum absolute atomic E-state index is 6.48. The van der Waals surface area contributed by atoms with Crippen molar-refractivity contribution in [1.29, 1.82) is 0 Å². The number of aromatic nitrogens is 2. The second-order valence-corrected chi connectivity index (χ2v) is 11.4. The molecular weight excluding hydrogens is 522 g/mol. The summed E-state index contributed by atoms with van der Waals surface area (Å²) >= 11 is 0. The molecule has 1 aromatic heterocycles. The molecule has 1 aliphatic rings. The smallest absolute Gasteiger partial charge is 0.150 e. The Labute approximate surface area is 254 Å². The zero-order valence-corrected chi connectivity index (χ0v) is 27.0. The molecule has 7 nitrogen and oxygen atoms in total. The van der Waals surface area contributed by atoms with E-state index in [1.165, 1.54) is 18.5 Å². The van der Waals surface area contributed by atoms with Crippen LogP contribution in [-0.2, 0) is 6.54 Å². The maximum Gasteiger partial charge on any atom is 0.150 e. The standard InChI is InChI=1S/C35H55N5O2/c1-6-11-24-40-32-27-31(41-25-14-20-37(7-2)8-3)28-33(42-26-15-21-38(9-4)10-5)34(32)36-35(40)29-16-18-30(19-17-29)39-22-12-13-23-39/h16-19,27-28H,6-15,20-26H2,1-5H3. The molecule has 232 valence electrons. The predicted octanol–water partition coefficient (Wildman–Crippen LogP) is 7.33. The van der Waals surface area contributed by atoms with Crippen molar-refractivity contribution in [3.05, 3.63) is 36.4 Å². The molecule has 0 saturated carbocycles. The van der Waals surface area contributed by atoms with Crippen LogP contribution in [-0.4, -0.2) is 84.9 Å². The number of hydrogen-bond acceptors (Lipinski definition) is 6. The second kappa shape index (κ2) is 16.8. The van der Waals surface area contributed by atoms with Gasteiger partial charge in [0.25, 0.3) is 0 Å². The largest absolute Gasteiger partial charge is 0.493 e. The van der Waals surface area contributed by atoms with E-state index in [9.17, 15) is 0 Å². The molecule has 0 atom stereocenters. The third-order valence-electron chi connectivity index (χ3n) is 8.68. The number of rotatable bonds is 19. The Morgan fingerprint density at radius 1 is 0.762 bits per heavy atom. The molecule has 1 saturated heterocycles.